The zero-order chi connectivity index (χ0) is 29.3. The maximum Gasteiger partial charge on any atom is 0.409 e. The molecule has 228 valence electrons. The smallest absolute Gasteiger partial charge is 0.409 e. The lowest BCUT2D eigenvalue weighted by Gasteiger charge is -2.30. The van der Waals surface area contributed by atoms with Crippen LogP contribution in [0.2, 0.25) is 0 Å². The van der Waals surface area contributed by atoms with Gasteiger partial charge in [0, 0.05) is 6.54 Å². The average Bonchev–Trinajstić information content (AvgIpc) is 3.59. The Bertz CT molecular complexity index is 928. The van der Waals surface area contributed by atoms with Crippen LogP contribution in [-0.2, 0) is 25.4 Å². The van der Waals surface area contributed by atoms with Crippen molar-refractivity contribution in [3.8, 4) is 0 Å². The molecule has 1 aromatic rings. The third kappa shape index (κ3) is 11.5. The zero-order valence-corrected chi connectivity index (χ0v) is 24.3. The number of aliphatic hydroxyl groups excluding tert-OH is 1. The van der Waals surface area contributed by atoms with Gasteiger partial charge in [-0.2, -0.15) is 0 Å². The molecule has 9 heteroatoms. The van der Waals surface area contributed by atoms with Gasteiger partial charge in [0.15, 0.2) is 6.29 Å². The molecule has 2 saturated heterocycles. The minimum atomic E-state index is -1.05. The predicted molar refractivity (Wildman–Crippen MR) is 157 cm³/mol. The summed E-state index contributed by atoms with van der Waals surface area (Å²) < 4.78 is 22.3. The molecule has 41 heavy (non-hydrogen) atoms. The van der Waals surface area contributed by atoms with Gasteiger partial charge in [-0.05, 0) is 44.1 Å². The van der Waals surface area contributed by atoms with Gasteiger partial charge in [-0.1, -0.05) is 68.2 Å². The Kier molecular flexibility index (Phi) is 14.7. The molecule has 2 aliphatic rings. The first-order valence-electron chi connectivity index (χ1n) is 15.1. The summed E-state index contributed by atoms with van der Waals surface area (Å²) in [6.45, 7) is 9.02. The van der Waals surface area contributed by atoms with Crippen LogP contribution in [0.5, 0.6) is 0 Å². The number of nitrogens with zero attached hydrogens (tertiary/aromatic N) is 1. The van der Waals surface area contributed by atoms with Gasteiger partial charge < -0.3 is 34.3 Å². The standard InChI is InChI=1S/C32H48N2O7/c1-3-5-7-8-9-10-11-15-19-34(32(37)39-20-6-4-2)23-28(35)27(22-25-16-13-12-14-17-25)33-31(36)41-29-24-40-30-26(29)18-21-38-30/h3-4,12-14,16-17,26-30,35H,1-2,5-11,15,18-24H2,(H,33,36). The number of fused-ring (bicyclic) bond motifs is 1. The molecule has 0 bridgehead atoms. The van der Waals surface area contributed by atoms with Gasteiger partial charge in [-0.25, -0.2) is 9.59 Å². The van der Waals surface area contributed by atoms with Crippen molar-refractivity contribution in [2.75, 3.05) is 32.9 Å². The van der Waals surface area contributed by atoms with E-state index in [1.54, 1.807) is 11.0 Å². The molecule has 2 N–H and O–H groups in total. The van der Waals surface area contributed by atoms with E-state index in [9.17, 15) is 14.7 Å². The van der Waals surface area contributed by atoms with Crippen LogP contribution in [0.4, 0.5) is 9.59 Å². The third-order valence-electron chi connectivity index (χ3n) is 7.61. The van der Waals surface area contributed by atoms with Gasteiger partial charge in [0.05, 0.1) is 44.4 Å². The minimum Gasteiger partial charge on any atom is -0.449 e. The van der Waals surface area contributed by atoms with E-state index in [0.717, 1.165) is 50.5 Å². The molecule has 1 aromatic carbocycles. The highest BCUT2D eigenvalue weighted by Gasteiger charge is 2.44. The van der Waals surface area contributed by atoms with Gasteiger partial charge in [-0.15, -0.1) is 13.2 Å². The Balaban J connectivity index is 1.59. The molecule has 9 nitrogen and oxygen atoms in total. The Hall–Kier alpha value is -2.88. The fourth-order valence-electron chi connectivity index (χ4n) is 5.25. The van der Waals surface area contributed by atoms with E-state index in [-0.39, 0.29) is 32.0 Å². The Morgan fingerprint density at radius 3 is 2.54 bits per heavy atom. The number of carbonyl (C=O) groups is 2. The van der Waals surface area contributed by atoms with E-state index < -0.39 is 30.4 Å². The lowest BCUT2D eigenvalue weighted by atomic mass is 10.0. The number of hydrogen-bond acceptors (Lipinski definition) is 7. The first-order valence-corrected chi connectivity index (χ1v) is 15.1. The van der Waals surface area contributed by atoms with Gasteiger partial charge in [0.2, 0.25) is 0 Å². The van der Waals surface area contributed by atoms with Crippen LogP contribution in [-0.4, -0.2) is 79.6 Å². The fraction of sp³-hybridized carbons (Fsp3) is 0.625. The van der Waals surface area contributed by atoms with Crippen LogP contribution in [0.15, 0.2) is 55.6 Å². The summed E-state index contributed by atoms with van der Waals surface area (Å²) in [6.07, 6.45) is 9.84. The van der Waals surface area contributed by atoms with Gasteiger partial charge in [0.25, 0.3) is 0 Å². The molecule has 2 heterocycles. The highest BCUT2D eigenvalue weighted by molar-refractivity contribution is 5.68. The SMILES string of the molecule is C=CCCCCCCCCN(CC(O)C(Cc1ccccc1)NC(=O)OC1COC2OCCC12)C(=O)OCCC=C. The van der Waals surface area contributed by atoms with E-state index in [1.807, 2.05) is 36.4 Å². The third-order valence-corrected chi connectivity index (χ3v) is 7.61. The van der Waals surface area contributed by atoms with Crippen molar-refractivity contribution in [2.45, 2.75) is 88.7 Å². The highest BCUT2D eigenvalue weighted by atomic mass is 16.7. The zero-order valence-electron chi connectivity index (χ0n) is 24.3. The molecule has 2 amide bonds. The Morgan fingerprint density at radius 1 is 1.05 bits per heavy atom. The first-order chi connectivity index (χ1) is 20.0. The van der Waals surface area contributed by atoms with Gasteiger partial charge >= 0.3 is 12.2 Å². The molecule has 0 aliphatic carbocycles. The van der Waals surface area contributed by atoms with Crippen LogP contribution in [0, 0.1) is 5.92 Å². The summed E-state index contributed by atoms with van der Waals surface area (Å²) >= 11 is 0. The number of unbranched alkanes of at least 4 members (excludes halogenated alkanes) is 6. The summed E-state index contributed by atoms with van der Waals surface area (Å²) in [5.74, 6) is 0.0149. The Morgan fingerprint density at radius 2 is 1.78 bits per heavy atom. The van der Waals surface area contributed by atoms with Crippen molar-refractivity contribution in [3.63, 3.8) is 0 Å². The minimum absolute atomic E-state index is 0.0149. The number of nitrogens with one attached hydrogen (secondary N) is 1. The quantitative estimate of drug-likeness (QED) is 0.169. The molecule has 2 fully saturated rings. The van der Waals surface area contributed by atoms with E-state index >= 15 is 0 Å². The molecule has 2 aliphatic heterocycles. The molecule has 0 saturated carbocycles. The number of alkyl carbamates (subject to hydrolysis) is 1. The van der Waals surface area contributed by atoms with Crippen molar-refractivity contribution in [2.24, 2.45) is 5.92 Å². The molecule has 5 unspecified atom stereocenters. The van der Waals surface area contributed by atoms with Crippen LogP contribution in [0.25, 0.3) is 0 Å². The molecule has 0 spiro atoms. The molecule has 5 atom stereocenters. The number of amides is 2. The summed E-state index contributed by atoms with van der Waals surface area (Å²) in [5, 5.41) is 14.2. The number of allylic oxidation sites excluding steroid dienone is 1. The number of benzene rings is 1. The van der Waals surface area contributed by atoms with Crippen LogP contribution < -0.4 is 5.32 Å². The fourth-order valence-corrected chi connectivity index (χ4v) is 5.25. The maximum absolute atomic E-state index is 13.0. The van der Waals surface area contributed by atoms with Crippen LogP contribution in [0.1, 0.15) is 63.4 Å². The largest absolute Gasteiger partial charge is 0.449 e. The van der Waals surface area contributed by atoms with E-state index in [0.29, 0.717) is 26.0 Å². The van der Waals surface area contributed by atoms with E-state index in [1.165, 1.54) is 6.42 Å². The number of aliphatic hydroxyl groups is 1. The van der Waals surface area contributed by atoms with Crippen molar-refractivity contribution in [3.05, 3.63) is 61.2 Å². The first kappa shape index (κ1) is 32.6. The predicted octanol–water partition coefficient (Wildman–Crippen LogP) is 5.38. The number of carbonyl (C=O) groups excluding carboxylic acids is 2. The maximum atomic E-state index is 13.0. The lowest BCUT2D eigenvalue weighted by Crippen LogP contribution is -2.51. The average molecular weight is 573 g/mol. The van der Waals surface area contributed by atoms with Crippen molar-refractivity contribution < 1.29 is 33.6 Å². The summed E-state index contributed by atoms with van der Waals surface area (Å²) in [5.41, 5.74) is 0.946. The molecular weight excluding hydrogens is 524 g/mol. The molecule has 0 radical (unpaired) electrons. The van der Waals surface area contributed by atoms with E-state index in [2.05, 4.69) is 18.5 Å². The summed E-state index contributed by atoms with van der Waals surface area (Å²) in [4.78, 5) is 27.4. The van der Waals surface area contributed by atoms with Gasteiger partial charge in [0.1, 0.15) is 6.10 Å². The second-order valence-corrected chi connectivity index (χ2v) is 10.8. The second kappa shape index (κ2) is 18.5. The van der Waals surface area contributed by atoms with E-state index in [4.69, 9.17) is 18.9 Å². The Labute approximate surface area is 244 Å². The monoisotopic (exact) mass is 572 g/mol. The van der Waals surface area contributed by atoms with Crippen LogP contribution >= 0.6 is 0 Å². The molecular formula is C32H48N2O7. The van der Waals surface area contributed by atoms with Crippen LogP contribution in [0.3, 0.4) is 0 Å². The normalized spacial score (nSPS) is 21.0. The topological polar surface area (TPSA) is 107 Å². The molecule has 0 aromatic heterocycles. The van der Waals surface area contributed by atoms with Crippen molar-refractivity contribution >= 4 is 12.2 Å². The summed E-state index contributed by atoms with van der Waals surface area (Å²) in [7, 11) is 0. The molecule has 3 rings (SSSR count). The lowest BCUT2D eigenvalue weighted by molar-refractivity contribution is -0.0907. The number of rotatable bonds is 19. The number of ether oxygens (including phenoxy) is 4. The number of hydrogen-bond donors (Lipinski definition) is 2. The van der Waals surface area contributed by atoms with Crippen molar-refractivity contribution in [1.29, 1.82) is 0 Å². The summed E-state index contributed by atoms with van der Waals surface area (Å²) in [6, 6.07) is 8.93. The second-order valence-electron chi connectivity index (χ2n) is 10.8. The highest BCUT2D eigenvalue weighted by Crippen LogP contribution is 2.33. The van der Waals surface area contributed by atoms with Crippen molar-refractivity contribution in [1.82, 2.24) is 10.2 Å². The van der Waals surface area contributed by atoms with Gasteiger partial charge in [-0.3, -0.25) is 0 Å².